The predicted octanol–water partition coefficient (Wildman–Crippen LogP) is 0.299. The molecule has 0 aliphatic heterocycles. The van der Waals surface area contributed by atoms with Gasteiger partial charge in [0.2, 0.25) is 0 Å². The molecule has 1 unspecified atom stereocenters. The molecule has 0 saturated heterocycles. The summed E-state index contributed by atoms with van der Waals surface area (Å²) in [5.41, 5.74) is 0.783. The van der Waals surface area contributed by atoms with Crippen LogP contribution in [0.5, 0.6) is 5.75 Å². The van der Waals surface area contributed by atoms with Gasteiger partial charge in [-0.1, -0.05) is 17.3 Å². The third kappa shape index (κ3) is 3.23. The number of hydrogen-bond donors (Lipinski definition) is 2. The molecule has 0 aliphatic carbocycles. The van der Waals surface area contributed by atoms with Gasteiger partial charge in [-0.2, -0.15) is 0 Å². The van der Waals surface area contributed by atoms with Gasteiger partial charge in [0.15, 0.2) is 5.69 Å². The molecule has 0 saturated carbocycles. The van der Waals surface area contributed by atoms with Gasteiger partial charge >= 0.3 is 5.97 Å². The molecular weight excluding hydrogens is 290 g/mol. The summed E-state index contributed by atoms with van der Waals surface area (Å²) in [7, 11) is 2.78. The Balaban J connectivity index is 2.18. The van der Waals surface area contributed by atoms with Gasteiger partial charge in [-0.3, -0.25) is 0 Å². The predicted molar refractivity (Wildman–Crippen MR) is 75.2 cm³/mol. The van der Waals surface area contributed by atoms with Crippen molar-refractivity contribution in [2.45, 2.75) is 19.3 Å². The lowest BCUT2D eigenvalue weighted by Crippen LogP contribution is -2.14. The van der Waals surface area contributed by atoms with E-state index in [9.17, 15) is 15.0 Å². The van der Waals surface area contributed by atoms with E-state index in [2.05, 4.69) is 15.0 Å². The van der Waals surface area contributed by atoms with Gasteiger partial charge in [-0.05, 0) is 17.7 Å². The normalized spacial score (nSPS) is 12.0. The van der Waals surface area contributed by atoms with Gasteiger partial charge in [0, 0.05) is 0 Å². The van der Waals surface area contributed by atoms with Gasteiger partial charge in [-0.15, -0.1) is 5.10 Å². The molecule has 1 atom stereocenters. The standard InChI is InChI=1S/C14H17N3O5/c1-21-10-5-3-9(4-6-10)12(19)7-17-11(8-18)13(15-16-17)14(20)22-2/h3-6,12,18-19H,7-8H2,1-2H3. The Kier molecular flexibility index (Phi) is 5.08. The minimum absolute atomic E-state index is 0.0478. The summed E-state index contributed by atoms with van der Waals surface area (Å²) in [6.07, 6.45) is -0.872. The summed E-state index contributed by atoms with van der Waals surface area (Å²) in [5, 5.41) is 27.1. The maximum absolute atomic E-state index is 11.5. The van der Waals surface area contributed by atoms with E-state index in [1.54, 1.807) is 31.4 Å². The molecule has 2 rings (SSSR count). The number of esters is 1. The number of aromatic nitrogens is 3. The zero-order valence-electron chi connectivity index (χ0n) is 12.3. The monoisotopic (exact) mass is 307 g/mol. The SMILES string of the molecule is COC(=O)c1nnn(CC(O)c2ccc(OC)cc2)c1CO. The number of hydrogen-bond acceptors (Lipinski definition) is 7. The molecule has 1 heterocycles. The van der Waals surface area contributed by atoms with Crippen molar-refractivity contribution in [2.75, 3.05) is 14.2 Å². The number of ether oxygens (including phenoxy) is 2. The molecule has 1 aromatic heterocycles. The minimum Gasteiger partial charge on any atom is -0.497 e. The second kappa shape index (κ2) is 7.01. The lowest BCUT2D eigenvalue weighted by Gasteiger charge is -2.13. The number of benzene rings is 1. The summed E-state index contributed by atoms with van der Waals surface area (Å²) < 4.78 is 10.9. The molecule has 0 spiro atoms. The van der Waals surface area contributed by atoms with E-state index in [1.165, 1.54) is 11.8 Å². The first-order valence-electron chi connectivity index (χ1n) is 6.54. The van der Waals surface area contributed by atoms with Crippen molar-refractivity contribution in [3.05, 3.63) is 41.2 Å². The smallest absolute Gasteiger partial charge is 0.360 e. The fourth-order valence-electron chi connectivity index (χ4n) is 1.99. The Bertz CT molecular complexity index is 638. The number of carbonyl (C=O) groups excluding carboxylic acids is 1. The van der Waals surface area contributed by atoms with E-state index in [0.717, 1.165) is 0 Å². The number of methoxy groups -OCH3 is 2. The van der Waals surface area contributed by atoms with Crippen LogP contribution >= 0.6 is 0 Å². The van der Waals surface area contributed by atoms with E-state index in [4.69, 9.17) is 4.74 Å². The van der Waals surface area contributed by atoms with Gasteiger partial charge < -0.3 is 19.7 Å². The number of rotatable bonds is 6. The second-order valence-corrected chi connectivity index (χ2v) is 4.51. The van der Waals surface area contributed by atoms with Crippen molar-refractivity contribution >= 4 is 5.97 Å². The quantitative estimate of drug-likeness (QED) is 0.739. The number of nitrogens with zero attached hydrogens (tertiary/aromatic N) is 3. The van der Waals surface area contributed by atoms with Crippen LogP contribution in [0.15, 0.2) is 24.3 Å². The Morgan fingerprint density at radius 2 is 2.00 bits per heavy atom. The molecule has 0 bridgehead atoms. The highest BCUT2D eigenvalue weighted by molar-refractivity contribution is 5.88. The third-order valence-corrected chi connectivity index (χ3v) is 3.21. The summed E-state index contributed by atoms with van der Waals surface area (Å²) in [6.45, 7) is -0.390. The van der Waals surface area contributed by atoms with Crippen molar-refractivity contribution in [1.82, 2.24) is 15.0 Å². The molecule has 0 radical (unpaired) electrons. The van der Waals surface area contributed by atoms with Gasteiger partial charge in [0.1, 0.15) is 5.75 Å². The van der Waals surface area contributed by atoms with Crippen LogP contribution in [0.1, 0.15) is 27.8 Å². The van der Waals surface area contributed by atoms with Crippen molar-refractivity contribution in [1.29, 1.82) is 0 Å². The lowest BCUT2D eigenvalue weighted by atomic mass is 10.1. The minimum atomic E-state index is -0.872. The molecule has 1 aromatic carbocycles. The molecule has 118 valence electrons. The van der Waals surface area contributed by atoms with Crippen molar-refractivity contribution in [3.63, 3.8) is 0 Å². The maximum Gasteiger partial charge on any atom is 0.360 e. The summed E-state index contributed by atoms with van der Waals surface area (Å²) in [4.78, 5) is 11.5. The van der Waals surface area contributed by atoms with E-state index >= 15 is 0 Å². The Morgan fingerprint density at radius 1 is 1.32 bits per heavy atom. The van der Waals surface area contributed by atoms with Crippen LogP contribution in [-0.2, 0) is 17.9 Å². The highest BCUT2D eigenvalue weighted by Crippen LogP contribution is 2.20. The second-order valence-electron chi connectivity index (χ2n) is 4.51. The molecule has 0 aliphatic rings. The lowest BCUT2D eigenvalue weighted by molar-refractivity contribution is 0.0589. The zero-order chi connectivity index (χ0) is 16.1. The van der Waals surface area contributed by atoms with E-state index < -0.39 is 18.7 Å². The van der Waals surface area contributed by atoms with Crippen LogP contribution in [0.4, 0.5) is 0 Å². The van der Waals surface area contributed by atoms with Crippen molar-refractivity contribution < 1.29 is 24.5 Å². The van der Waals surface area contributed by atoms with Crippen LogP contribution in [-0.4, -0.2) is 45.4 Å². The summed E-state index contributed by atoms with van der Waals surface area (Å²) >= 11 is 0. The summed E-state index contributed by atoms with van der Waals surface area (Å²) in [5.74, 6) is -0.00466. The van der Waals surface area contributed by atoms with Crippen LogP contribution in [0, 0.1) is 0 Å². The maximum atomic E-state index is 11.5. The first-order chi connectivity index (χ1) is 10.6. The average Bonchev–Trinajstić information content (AvgIpc) is 2.96. The van der Waals surface area contributed by atoms with Crippen LogP contribution in [0.2, 0.25) is 0 Å². The molecule has 2 N–H and O–H groups in total. The van der Waals surface area contributed by atoms with E-state index in [1.807, 2.05) is 0 Å². The highest BCUT2D eigenvalue weighted by atomic mass is 16.5. The first kappa shape index (κ1) is 15.9. The van der Waals surface area contributed by atoms with Crippen LogP contribution < -0.4 is 4.74 Å². The van der Waals surface area contributed by atoms with E-state index in [-0.39, 0.29) is 17.9 Å². The topological polar surface area (TPSA) is 107 Å². The fourth-order valence-corrected chi connectivity index (χ4v) is 1.99. The van der Waals surface area contributed by atoms with Gasteiger partial charge in [0.05, 0.1) is 39.2 Å². The molecule has 2 aromatic rings. The van der Waals surface area contributed by atoms with Crippen molar-refractivity contribution in [2.24, 2.45) is 0 Å². The number of aliphatic hydroxyl groups is 2. The van der Waals surface area contributed by atoms with Gasteiger partial charge in [-0.25, -0.2) is 9.48 Å². The van der Waals surface area contributed by atoms with Crippen LogP contribution in [0.25, 0.3) is 0 Å². The third-order valence-electron chi connectivity index (χ3n) is 3.21. The number of carbonyl (C=O) groups is 1. The first-order valence-corrected chi connectivity index (χ1v) is 6.54. The zero-order valence-corrected chi connectivity index (χ0v) is 12.3. The molecule has 8 heteroatoms. The Morgan fingerprint density at radius 3 is 2.55 bits per heavy atom. The fraction of sp³-hybridized carbons (Fsp3) is 0.357. The highest BCUT2D eigenvalue weighted by Gasteiger charge is 2.21. The van der Waals surface area contributed by atoms with Crippen LogP contribution in [0.3, 0.4) is 0 Å². The Hall–Kier alpha value is -2.45. The van der Waals surface area contributed by atoms with Gasteiger partial charge in [0.25, 0.3) is 0 Å². The van der Waals surface area contributed by atoms with E-state index in [0.29, 0.717) is 11.3 Å². The molecule has 0 fully saturated rings. The van der Waals surface area contributed by atoms with Crippen molar-refractivity contribution in [3.8, 4) is 5.75 Å². The molecular formula is C14H17N3O5. The molecule has 8 nitrogen and oxygen atoms in total. The number of aliphatic hydroxyl groups excluding tert-OH is 2. The largest absolute Gasteiger partial charge is 0.497 e. The Labute approximate surface area is 126 Å². The molecule has 0 amide bonds. The molecule has 22 heavy (non-hydrogen) atoms. The summed E-state index contributed by atoms with van der Waals surface area (Å²) in [6, 6.07) is 6.90. The average molecular weight is 307 g/mol.